The highest BCUT2D eigenvalue weighted by atomic mass is 16.4. The lowest BCUT2D eigenvalue weighted by Gasteiger charge is -2.36. The number of aliphatic carboxylic acids is 1. The van der Waals surface area contributed by atoms with Gasteiger partial charge in [0.15, 0.2) is 0 Å². The Bertz CT molecular complexity index is 361. The van der Waals surface area contributed by atoms with Crippen molar-refractivity contribution >= 4 is 17.9 Å². The minimum absolute atomic E-state index is 0.286. The Balaban J connectivity index is 2.63. The Hall–Kier alpha value is -1.67. The molecular formula is C11H20N4O4. The van der Waals surface area contributed by atoms with Crippen molar-refractivity contribution < 1.29 is 19.5 Å². The van der Waals surface area contributed by atoms with Crippen molar-refractivity contribution in [3.8, 4) is 0 Å². The molecule has 3 amide bonds. The normalized spacial score (nSPS) is 21.5. The Morgan fingerprint density at radius 2 is 2.16 bits per heavy atom. The number of imide groups is 1. The molecule has 1 aliphatic heterocycles. The minimum Gasteiger partial charge on any atom is -0.480 e. The molecule has 1 rings (SSSR count). The number of carboxylic acid groups (broad SMARTS) is 1. The number of carbonyl (C=O) groups excluding carboxylic acids is 2. The van der Waals surface area contributed by atoms with Crippen LogP contribution in [0.3, 0.4) is 0 Å². The second-order valence-corrected chi connectivity index (χ2v) is 4.32. The lowest BCUT2D eigenvalue weighted by molar-refractivity contribution is -0.146. The molecule has 8 nitrogen and oxygen atoms in total. The lowest BCUT2D eigenvalue weighted by atomic mass is 10.1. The molecular weight excluding hydrogens is 252 g/mol. The van der Waals surface area contributed by atoms with E-state index in [1.54, 1.807) is 18.7 Å². The van der Waals surface area contributed by atoms with Gasteiger partial charge in [-0.05, 0) is 13.8 Å². The fourth-order valence-corrected chi connectivity index (χ4v) is 1.98. The van der Waals surface area contributed by atoms with E-state index in [1.165, 1.54) is 0 Å². The van der Waals surface area contributed by atoms with Crippen LogP contribution in [0.2, 0.25) is 0 Å². The molecule has 2 unspecified atom stereocenters. The molecule has 0 aromatic rings. The zero-order valence-corrected chi connectivity index (χ0v) is 11.1. The van der Waals surface area contributed by atoms with Gasteiger partial charge in [-0.2, -0.15) is 0 Å². The summed E-state index contributed by atoms with van der Waals surface area (Å²) in [7, 11) is 0. The first kappa shape index (κ1) is 15.4. The summed E-state index contributed by atoms with van der Waals surface area (Å²) in [5, 5.41) is 16.7. The van der Waals surface area contributed by atoms with E-state index >= 15 is 0 Å². The summed E-state index contributed by atoms with van der Waals surface area (Å²) in [6.45, 7) is 5.09. The van der Waals surface area contributed by atoms with Gasteiger partial charge < -0.3 is 15.7 Å². The number of hydrogen-bond donors (Lipinski definition) is 4. The van der Waals surface area contributed by atoms with E-state index in [1.807, 2.05) is 0 Å². The van der Waals surface area contributed by atoms with Crippen LogP contribution in [0.15, 0.2) is 0 Å². The van der Waals surface area contributed by atoms with E-state index in [-0.39, 0.29) is 6.54 Å². The van der Waals surface area contributed by atoms with E-state index in [0.717, 1.165) is 0 Å². The molecule has 19 heavy (non-hydrogen) atoms. The first-order valence-electron chi connectivity index (χ1n) is 6.25. The Morgan fingerprint density at radius 1 is 1.47 bits per heavy atom. The maximum atomic E-state index is 11.9. The van der Waals surface area contributed by atoms with E-state index in [9.17, 15) is 14.4 Å². The molecule has 4 N–H and O–H groups in total. The van der Waals surface area contributed by atoms with E-state index in [0.29, 0.717) is 19.6 Å². The van der Waals surface area contributed by atoms with Crippen molar-refractivity contribution in [1.29, 1.82) is 0 Å². The first-order valence-corrected chi connectivity index (χ1v) is 6.25. The maximum Gasteiger partial charge on any atom is 0.322 e. The second-order valence-electron chi connectivity index (χ2n) is 4.32. The van der Waals surface area contributed by atoms with Gasteiger partial charge in [0.2, 0.25) is 5.91 Å². The number of piperazine rings is 1. The van der Waals surface area contributed by atoms with Crippen molar-refractivity contribution in [3.05, 3.63) is 0 Å². The second kappa shape index (κ2) is 7.05. The number of rotatable bonds is 4. The standard InChI is InChI=1S/C11H20N4O4/c1-3-13-11(19)14-9(16)7(2)15-5-4-12-6-8(15)10(17)18/h7-8,12H,3-6H2,1-2H3,(H,17,18)(H2,13,14,16,19). The monoisotopic (exact) mass is 272 g/mol. The van der Waals surface area contributed by atoms with Crippen LogP contribution >= 0.6 is 0 Å². The van der Waals surface area contributed by atoms with Gasteiger partial charge in [0.1, 0.15) is 6.04 Å². The van der Waals surface area contributed by atoms with Gasteiger partial charge in [0.05, 0.1) is 6.04 Å². The molecule has 108 valence electrons. The van der Waals surface area contributed by atoms with Crippen LogP contribution in [-0.4, -0.2) is 66.2 Å². The number of hydrogen-bond acceptors (Lipinski definition) is 5. The van der Waals surface area contributed by atoms with Crippen molar-refractivity contribution in [2.45, 2.75) is 25.9 Å². The maximum absolute atomic E-state index is 11.9. The number of amides is 3. The quantitative estimate of drug-likeness (QED) is 0.500. The highest BCUT2D eigenvalue weighted by molar-refractivity contribution is 5.97. The van der Waals surface area contributed by atoms with Crippen molar-refractivity contribution in [2.24, 2.45) is 0 Å². The van der Waals surface area contributed by atoms with E-state index < -0.39 is 30.0 Å². The van der Waals surface area contributed by atoms with Crippen molar-refractivity contribution in [1.82, 2.24) is 20.9 Å². The molecule has 0 saturated carbocycles. The van der Waals surface area contributed by atoms with Crippen LogP contribution in [0.4, 0.5) is 4.79 Å². The predicted molar refractivity (Wildman–Crippen MR) is 67.7 cm³/mol. The number of carboxylic acids is 1. The van der Waals surface area contributed by atoms with E-state index in [4.69, 9.17) is 5.11 Å². The number of nitrogens with zero attached hydrogens (tertiary/aromatic N) is 1. The number of urea groups is 1. The zero-order chi connectivity index (χ0) is 14.4. The number of nitrogens with one attached hydrogen (secondary N) is 3. The summed E-state index contributed by atoms with van der Waals surface area (Å²) >= 11 is 0. The summed E-state index contributed by atoms with van der Waals surface area (Å²) in [6, 6.07) is -2.00. The fraction of sp³-hybridized carbons (Fsp3) is 0.727. The molecule has 2 atom stereocenters. The van der Waals surface area contributed by atoms with Crippen LogP contribution in [-0.2, 0) is 9.59 Å². The molecule has 0 aromatic carbocycles. The third-order valence-electron chi connectivity index (χ3n) is 3.02. The summed E-state index contributed by atoms with van der Waals surface area (Å²) < 4.78 is 0. The third kappa shape index (κ3) is 4.18. The van der Waals surface area contributed by atoms with Crippen LogP contribution in [0.5, 0.6) is 0 Å². The molecule has 1 fully saturated rings. The van der Waals surface area contributed by atoms with Gasteiger partial charge in [-0.1, -0.05) is 0 Å². The van der Waals surface area contributed by atoms with Gasteiger partial charge >= 0.3 is 12.0 Å². The molecule has 1 heterocycles. The van der Waals surface area contributed by atoms with Gasteiger partial charge in [0.25, 0.3) is 0 Å². The average Bonchev–Trinajstić information content (AvgIpc) is 2.37. The molecule has 1 aliphatic rings. The van der Waals surface area contributed by atoms with Gasteiger partial charge in [-0.15, -0.1) is 0 Å². The van der Waals surface area contributed by atoms with Gasteiger partial charge in [0, 0.05) is 26.2 Å². The SMILES string of the molecule is CCNC(=O)NC(=O)C(C)N1CCNCC1C(=O)O. The molecule has 8 heteroatoms. The van der Waals surface area contributed by atoms with Crippen LogP contribution < -0.4 is 16.0 Å². The molecule has 0 aromatic heterocycles. The Morgan fingerprint density at radius 3 is 2.74 bits per heavy atom. The largest absolute Gasteiger partial charge is 0.480 e. The summed E-state index contributed by atoms with van der Waals surface area (Å²) in [4.78, 5) is 35.8. The molecule has 0 spiro atoms. The Labute approximate surface area is 111 Å². The first-order chi connectivity index (χ1) is 8.97. The molecule has 1 saturated heterocycles. The van der Waals surface area contributed by atoms with Crippen molar-refractivity contribution in [2.75, 3.05) is 26.2 Å². The third-order valence-corrected chi connectivity index (χ3v) is 3.02. The predicted octanol–water partition coefficient (Wildman–Crippen LogP) is -1.42. The molecule has 0 bridgehead atoms. The van der Waals surface area contributed by atoms with Crippen LogP contribution in [0.1, 0.15) is 13.8 Å². The Kier molecular flexibility index (Phi) is 5.71. The minimum atomic E-state index is -0.982. The van der Waals surface area contributed by atoms with Gasteiger partial charge in [-0.3, -0.25) is 19.8 Å². The lowest BCUT2D eigenvalue weighted by Crippen LogP contribution is -2.61. The fourth-order valence-electron chi connectivity index (χ4n) is 1.98. The molecule has 0 aliphatic carbocycles. The van der Waals surface area contributed by atoms with E-state index in [2.05, 4.69) is 16.0 Å². The highest BCUT2D eigenvalue weighted by Crippen LogP contribution is 2.09. The number of carbonyl (C=O) groups is 3. The summed E-state index contributed by atoms with van der Waals surface area (Å²) in [5.41, 5.74) is 0. The highest BCUT2D eigenvalue weighted by Gasteiger charge is 2.34. The summed E-state index contributed by atoms with van der Waals surface area (Å²) in [5.74, 6) is -1.48. The topological polar surface area (TPSA) is 111 Å². The smallest absolute Gasteiger partial charge is 0.322 e. The summed E-state index contributed by atoms with van der Waals surface area (Å²) in [6.07, 6.45) is 0. The average molecular weight is 272 g/mol. The molecule has 0 radical (unpaired) electrons. The zero-order valence-electron chi connectivity index (χ0n) is 11.1. The van der Waals surface area contributed by atoms with Gasteiger partial charge in [-0.25, -0.2) is 4.79 Å². The van der Waals surface area contributed by atoms with Crippen LogP contribution in [0, 0.1) is 0 Å². The van der Waals surface area contributed by atoms with Crippen molar-refractivity contribution in [3.63, 3.8) is 0 Å². The van der Waals surface area contributed by atoms with Crippen LogP contribution in [0.25, 0.3) is 0 Å².